The predicted molar refractivity (Wildman–Crippen MR) is 214 cm³/mol. The molecular weight excluding hydrogens is 725 g/mol. The minimum Gasteiger partial charge on any atom is -0.748 e. The molecule has 1 aliphatic carbocycles. The Labute approximate surface area is 320 Å². The minimum atomic E-state index is -4.27. The van der Waals surface area contributed by atoms with Crippen LogP contribution in [0.15, 0.2) is 100 Å². The van der Waals surface area contributed by atoms with Crippen molar-refractivity contribution in [2.45, 2.75) is 83.5 Å². The summed E-state index contributed by atoms with van der Waals surface area (Å²) in [4.78, 5) is 5.14. The lowest BCUT2D eigenvalue weighted by molar-refractivity contribution is -0.438. The molecule has 2 N–H and O–H groups in total. The average Bonchev–Trinajstić information content (AvgIpc) is 3.66. The number of hydrogen-bond acceptors (Lipinski definition) is 8. The number of anilines is 1. The van der Waals surface area contributed by atoms with Crippen LogP contribution in [0.5, 0.6) is 0 Å². The van der Waals surface area contributed by atoms with E-state index in [0.717, 1.165) is 52.5 Å². The summed E-state index contributed by atoms with van der Waals surface area (Å²) in [5.74, 6) is -0.643. The van der Waals surface area contributed by atoms with Crippen LogP contribution in [0.3, 0.4) is 0 Å². The van der Waals surface area contributed by atoms with E-state index in [2.05, 4.69) is 101 Å². The van der Waals surface area contributed by atoms with Crippen LogP contribution in [-0.2, 0) is 31.1 Å². The van der Waals surface area contributed by atoms with E-state index in [4.69, 9.17) is 5.53 Å². The summed E-state index contributed by atoms with van der Waals surface area (Å²) in [6, 6.07) is 16.5. The summed E-state index contributed by atoms with van der Waals surface area (Å²) in [7, 11) is -8.30. The Morgan fingerprint density at radius 3 is 2.33 bits per heavy atom. The van der Waals surface area contributed by atoms with Gasteiger partial charge in [-0.15, -0.1) is 0 Å². The molecule has 0 bridgehead atoms. The maximum absolute atomic E-state index is 11.4. The molecule has 0 fully saturated rings. The van der Waals surface area contributed by atoms with Gasteiger partial charge in [0, 0.05) is 76.9 Å². The van der Waals surface area contributed by atoms with Crippen LogP contribution in [0.1, 0.15) is 83.8 Å². The lowest BCUT2D eigenvalue weighted by Crippen LogP contribution is -2.28. The van der Waals surface area contributed by atoms with Gasteiger partial charge in [0.25, 0.3) is 10.1 Å². The quantitative estimate of drug-likeness (QED) is 0.0389. The normalized spacial score (nSPS) is 19.3. The number of rotatable bonds is 18. The van der Waals surface area contributed by atoms with E-state index in [1.54, 1.807) is 0 Å². The van der Waals surface area contributed by atoms with E-state index >= 15 is 0 Å². The first kappa shape index (κ1) is 41.0. The number of benzene rings is 2. The number of unbranched alkanes of at least 4 members (excludes halogenated alkanes) is 2. The van der Waals surface area contributed by atoms with Crippen molar-refractivity contribution >= 4 is 37.3 Å². The summed E-state index contributed by atoms with van der Waals surface area (Å²) >= 11 is 0. The molecule has 2 aliphatic heterocycles. The van der Waals surface area contributed by atoms with Crippen LogP contribution in [0.25, 0.3) is 10.4 Å². The van der Waals surface area contributed by atoms with Crippen molar-refractivity contribution in [3.63, 3.8) is 0 Å². The van der Waals surface area contributed by atoms with Crippen molar-refractivity contribution in [2.75, 3.05) is 42.6 Å². The Kier molecular flexibility index (Phi) is 13.0. The second kappa shape index (κ2) is 17.1. The van der Waals surface area contributed by atoms with Gasteiger partial charge >= 0.3 is 0 Å². The van der Waals surface area contributed by atoms with Gasteiger partial charge in [-0.3, -0.25) is 4.55 Å². The van der Waals surface area contributed by atoms with Crippen molar-refractivity contribution < 1.29 is 30.5 Å². The van der Waals surface area contributed by atoms with Gasteiger partial charge in [-0.2, -0.15) is 13.0 Å². The molecule has 290 valence electrons. The lowest BCUT2D eigenvalue weighted by Gasteiger charge is -2.27. The molecule has 0 saturated heterocycles. The van der Waals surface area contributed by atoms with E-state index in [1.165, 1.54) is 11.1 Å². The van der Waals surface area contributed by atoms with Crippen molar-refractivity contribution in [1.29, 1.82) is 0 Å². The maximum Gasteiger partial charge on any atom is 0.264 e. The fourth-order valence-electron chi connectivity index (χ4n) is 7.92. The Balaban J connectivity index is 1.49. The fraction of sp³-hybridized carbons (Fsp3) is 0.475. The third kappa shape index (κ3) is 9.72. The Morgan fingerprint density at radius 1 is 0.907 bits per heavy atom. The molecule has 3 aliphatic rings. The molecule has 12 nitrogen and oxygen atoms in total. The van der Waals surface area contributed by atoms with Crippen molar-refractivity contribution in [3.05, 3.63) is 117 Å². The van der Waals surface area contributed by atoms with Crippen LogP contribution >= 0.6 is 0 Å². The molecule has 2 heterocycles. The van der Waals surface area contributed by atoms with Gasteiger partial charge in [-0.25, -0.2) is 8.42 Å². The average molecular weight is 777 g/mol. The molecule has 14 heteroatoms. The van der Waals surface area contributed by atoms with Gasteiger partial charge in [0.2, 0.25) is 5.69 Å². The molecule has 2 aromatic rings. The van der Waals surface area contributed by atoms with Crippen molar-refractivity contribution in [1.82, 2.24) is 5.32 Å². The Hall–Kier alpha value is -4.20. The number of hydrogen-bond donors (Lipinski definition) is 2. The molecule has 0 saturated carbocycles. The third-order valence-corrected chi connectivity index (χ3v) is 12.2. The highest BCUT2D eigenvalue weighted by molar-refractivity contribution is 7.85. The largest absolute Gasteiger partial charge is 0.748 e. The van der Waals surface area contributed by atoms with Gasteiger partial charge < -0.3 is 14.8 Å². The SMILES string of the molecule is CC1(C)C(/C=C/C2=C(NCCCN=[N+]=[N-])C(=C\C=C3/N(CCCCS(=O)(=O)[O-])c4ccccc4C3(C)C)/CC2)=[N+](CCCCS(=O)(=O)O)c2ccccc21. The first-order valence-electron chi connectivity index (χ1n) is 18.6. The number of azide groups is 1. The minimum absolute atomic E-state index is 0.267. The zero-order valence-electron chi connectivity index (χ0n) is 31.7. The van der Waals surface area contributed by atoms with E-state index in [-0.39, 0.29) is 22.3 Å². The van der Waals surface area contributed by atoms with Crippen LogP contribution < -0.4 is 10.2 Å². The molecule has 0 aromatic heterocycles. The first-order valence-corrected chi connectivity index (χ1v) is 21.8. The monoisotopic (exact) mass is 776 g/mol. The molecule has 2 aromatic carbocycles. The van der Waals surface area contributed by atoms with Gasteiger partial charge in [-0.05, 0) is 86.8 Å². The maximum atomic E-state index is 11.4. The van der Waals surface area contributed by atoms with E-state index < -0.39 is 20.2 Å². The molecular formula is C40H52N6O6S2. The lowest BCUT2D eigenvalue weighted by atomic mass is 9.81. The van der Waals surface area contributed by atoms with Crippen LogP contribution in [-0.4, -0.2) is 73.9 Å². The highest BCUT2D eigenvalue weighted by Gasteiger charge is 2.44. The first-order chi connectivity index (χ1) is 25.5. The Bertz CT molecular complexity index is 2160. The molecule has 5 rings (SSSR count). The Morgan fingerprint density at radius 2 is 1.61 bits per heavy atom. The second-order valence-corrected chi connectivity index (χ2v) is 18.2. The zero-order chi connectivity index (χ0) is 39.1. The molecule has 0 atom stereocenters. The highest BCUT2D eigenvalue weighted by atomic mass is 32.2. The number of nitrogens with one attached hydrogen (secondary N) is 1. The van der Waals surface area contributed by atoms with Gasteiger partial charge in [0.05, 0.1) is 21.3 Å². The second-order valence-electron chi connectivity index (χ2n) is 15.1. The topological polar surface area (TPSA) is 179 Å². The standard InChI is InChI=1S/C40H52N6O6S2/c1-39(2)32-14-5-7-16-34(32)45(26-9-11-28-53(47,48)49)36(39)22-20-30-18-19-31(38(30)42-24-13-25-43-44-41)21-23-37-40(3,4)33-15-6-8-17-35(33)46(37)27-10-12-29-54(50,51)52/h5-8,14-17,20-23H,9-13,18-19,24-29H2,1-4H3,(H2,47,48,49,50,51,52)/b30-20-,36-22-. The zero-order valence-corrected chi connectivity index (χ0v) is 33.3. The summed E-state index contributed by atoms with van der Waals surface area (Å²) in [5.41, 5.74) is 18.3. The molecule has 0 spiro atoms. The predicted octanol–water partition coefficient (Wildman–Crippen LogP) is 7.56. The number of nitrogens with zero attached hydrogens (tertiary/aromatic N) is 5. The fourth-order valence-corrected chi connectivity index (χ4v) is 9.05. The molecule has 0 amide bonds. The summed E-state index contributed by atoms with van der Waals surface area (Å²) in [6.45, 7) is 11.0. The van der Waals surface area contributed by atoms with Gasteiger partial charge in [0.1, 0.15) is 6.54 Å². The van der Waals surface area contributed by atoms with Gasteiger partial charge in [-0.1, -0.05) is 67.5 Å². The molecule has 0 unspecified atom stereocenters. The summed E-state index contributed by atoms with van der Waals surface area (Å²) < 4.78 is 68.1. The third-order valence-electron chi connectivity index (χ3n) is 10.6. The number of fused-ring (bicyclic) bond motifs is 2. The highest BCUT2D eigenvalue weighted by Crippen LogP contribution is 2.48. The van der Waals surface area contributed by atoms with E-state index in [1.807, 2.05) is 24.3 Å². The summed E-state index contributed by atoms with van der Waals surface area (Å²) in [5, 5.41) is 7.35. The molecule has 0 radical (unpaired) electrons. The van der Waals surface area contributed by atoms with E-state index in [9.17, 15) is 25.9 Å². The van der Waals surface area contributed by atoms with E-state index in [0.29, 0.717) is 58.3 Å². The number of para-hydroxylation sites is 2. The summed E-state index contributed by atoms with van der Waals surface area (Å²) in [6.07, 6.45) is 12.8. The van der Waals surface area contributed by atoms with Gasteiger partial charge in [0.15, 0.2) is 5.71 Å². The number of allylic oxidation sites excluding steroid dienone is 7. The van der Waals surface area contributed by atoms with Crippen LogP contribution in [0.2, 0.25) is 0 Å². The van der Waals surface area contributed by atoms with Crippen LogP contribution in [0.4, 0.5) is 11.4 Å². The van der Waals surface area contributed by atoms with Crippen LogP contribution in [0, 0.1) is 0 Å². The van der Waals surface area contributed by atoms with Crippen molar-refractivity contribution in [3.8, 4) is 0 Å². The smallest absolute Gasteiger partial charge is 0.264 e. The van der Waals surface area contributed by atoms with Crippen molar-refractivity contribution in [2.24, 2.45) is 5.11 Å². The molecule has 54 heavy (non-hydrogen) atoms.